The Labute approximate surface area is 116 Å². The molecule has 106 valence electrons. The van der Waals surface area contributed by atoms with Gasteiger partial charge >= 0.3 is 0 Å². The van der Waals surface area contributed by atoms with Crippen LogP contribution in [0.15, 0.2) is 12.2 Å². The maximum atomic E-state index is 4.22. The summed E-state index contributed by atoms with van der Waals surface area (Å²) in [4.78, 5) is 0. The van der Waals surface area contributed by atoms with Crippen LogP contribution < -0.4 is 5.32 Å². The fourth-order valence-corrected chi connectivity index (χ4v) is 2.52. The Balaban J connectivity index is 5.34. The van der Waals surface area contributed by atoms with E-state index < -0.39 is 0 Å². The van der Waals surface area contributed by atoms with Crippen molar-refractivity contribution in [3.63, 3.8) is 0 Å². The Morgan fingerprint density at radius 3 is 1.89 bits per heavy atom. The van der Waals surface area contributed by atoms with Gasteiger partial charge in [0.05, 0.1) is 0 Å². The van der Waals surface area contributed by atoms with Gasteiger partial charge in [-0.15, -0.1) is 0 Å². The smallest absolute Gasteiger partial charge is 0.128 e. The Morgan fingerprint density at radius 2 is 1.61 bits per heavy atom. The molecule has 0 amide bonds. The molecule has 0 aliphatic heterocycles. The molecule has 0 aliphatic rings. The monoisotopic (exact) mass is 251 g/mol. The molecule has 2 heteroatoms. The first-order valence-corrected chi connectivity index (χ1v) is 7.31. The molecule has 0 bridgehead atoms. The van der Waals surface area contributed by atoms with Crippen LogP contribution in [0.1, 0.15) is 68.2 Å². The summed E-state index contributed by atoms with van der Waals surface area (Å²) in [5, 5.41) is 3.86. The molecule has 0 radical (unpaired) electrons. The summed E-state index contributed by atoms with van der Waals surface area (Å²) in [5.41, 5.74) is 1.75. The lowest BCUT2D eigenvalue weighted by Gasteiger charge is -2.52. The summed E-state index contributed by atoms with van der Waals surface area (Å²) in [6.45, 7) is 22.5. The van der Waals surface area contributed by atoms with E-state index in [9.17, 15) is 0 Å². The zero-order valence-corrected chi connectivity index (χ0v) is 14.2. The summed E-state index contributed by atoms with van der Waals surface area (Å²) in [6.07, 6.45) is 2.11. The zero-order chi connectivity index (χ0) is 14.8. The summed E-state index contributed by atoms with van der Waals surface area (Å²) < 4.78 is 0. The van der Waals surface area contributed by atoms with E-state index in [0.29, 0.717) is 5.92 Å². The van der Waals surface area contributed by atoms with Crippen LogP contribution in [-0.4, -0.2) is 18.8 Å². The largest absolute Gasteiger partial charge is 0.313 e. The summed E-state index contributed by atoms with van der Waals surface area (Å²) >= 11 is 0. The van der Waals surface area contributed by atoms with Crippen LogP contribution in [0.4, 0.5) is 0 Å². The fourth-order valence-electron chi connectivity index (χ4n) is 2.52. The van der Waals surface area contributed by atoms with Crippen molar-refractivity contribution >= 4 is 7.85 Å². The number of hydrogen-bond donors (Lipinski definition) is 1. The molecular formula is C16H34BN. The first kappa shape index (κ1) is 17.8. The van der Waals surface area contributed by atoms with E-state index in [1.807, 2.05) is 0 Å². The number of nitrogens with one attached hydrogen (secondary N) is 1. The van der Waals surface area contributed by atoms with Gasteiger partial charge in [0.15, 0.2) is 0 Å². The van der Waals surface area contributed by atoms with Gasteiger partial charge < -0.3 is 5.32 Å². The average Bonchev–Trinajstić information content (AvgIpc) is 2.13. The number of rotatable bonds is 6. The van der Waals surface area contributed by atoms with Crippen molar-refractivity contribution in [1.29, 1.82) is 0 Å². The van der Waals surface area contributed by atoms with Crippen LogP contribution in [0, 0.1) is 11.3 Å². The van der Waals surface area contributed by atoms with Gasteiger partial charge in [-0.2, -0.15) is 0 Å². The summed E-state index contributed by atoms with van der Waals surface area (Å²) in [7, 11) is 2.36. The molecule has 0 saturated heterocycles. The highest BCUT2D eigenvalue weighted by molar-refractivity contribution is 6.16. The Hall–Kier alpha value is -0.235. The highest BCUT2D eigenvalue weighted by Crippen LogP contribution is 2.41. The molecule has 1 nitrogen and oxygen atoms in total. The average molecular weight is 251 g/mol. The van der Waals surface area contributed by atoms with Crippen LogP contribution in [0.2, 0.25) is 0 Å². The predicted molar refractivity (Wildman–Crippen MR) is 86.8 cm³/mol. The van der Waals surface area contributed by atoms with Crippen LogP contribution in [0.25, 0.3) is 0 Å². The molecule has 1 N–H and O–H groups in total. The van der Waals surface area contributed by atoms with Gasteiger partial charge in [0.1, 0.15) is 7.85 Å². The van der Waals surface area contributed by atoms with Gasteiger partial charge in [0.25, 0.3) is 0 Å². The summed E-state index contributed by atoms with van der Waals surface area (Å²) in [5.74, 6) is 0.627. The van der Waals surface area contributed by atoms with Crippen molar-refractivity contribution in [1.82, 2.24) is 5.32 Å². The fraction of sp³-hybridized carbons (Fsp3) is 0.875. The summed E-state index contributed by atoms with van der Waals surface area (Å²) in [6, 6.07) is 0. The first-order valence-electron chi connectivity index (χ1n) is 7.31. The molecule has 0 aromatic rings. The minimum Gasteiger partial charge on any atom is -0.313 e. The normalized spacial score (nSPS) is 16.7. The third-order valence-electron chi connectivity index (χ3n) is 4.62. The number of hydrogen-bond acceptors (Lipinski definition) is 1. The van der Waals surface area contributed by atoms with Crippen molar-refractivity contribution in [2.24, 2.45) is 11.3 Å². The zero-order valence-electron chi connectivity index (χ0n) is 14.2. The van der Waals surface area contributed by atoms with Crippen molar-refractivity contribution in [3.8, 4) is 0 Å². The Morgan fingerprint density at radius 1 is 1.17 bits per heavy atom. The third kappa shape index (κ3) is 4.46. The maximum absolute atomic E-state index is 4.22. The molecule has 0 aromatic carbocycles. The third-order valence-corrected chi connectivity index (χ3v) is 4.62. The van der Waals surface area contributed by atoms with Gasteiger partial charge in [0, 0.05) is 5.54 Å². The van der Waals surface area contributed by atoms with Crippen LogP contribution >= 0.6 is 0 Å². The van der Waals surface area contributed by atoms with Crippen LogP contribution in [-0.2, 0) is 0 Å². The van der Waals surface area contributed by atoms with Gasteiger partial charge in [-0.05, 0) is 50.4 Å². The molecule has 0 heterocycles. The molecule has 0 fully saturated rings. The molecule has 18 heavy (non-hydrogen) atoms. The van der Waals surface area contributed by atoms with E-state index in [0.717, 1.165) is 12.8 Å². The second kappa shape index (κ2) is 5.82. The van der Waals surface area contributed by atoms with E-state index in [1.165, 1.54) is 5.57 Å². The molecule has 0 spiro atoms. The van der Waals surface area contributed by atoms with E-state index in [-0.39, 0.29) is 16.4 Å². The van der Waals surface area contributed by atoms with E-state index >= 15 is 0 Å². The highest BCUT2D eigenvalue weighted by Gasteiger charge is 2.44. The first-order chi connectivity index (χ1) is 7.85. The molecule has 0 aliphatic carbocycles. The molecule has 0 saturated carbocycles. The van der Waals surface area contributed by atoms with Crippen molar-refractivity contribution in [2.75, 3.05) is 0 Å². The quantitative estimate of drug-likeness (QED) is 0.560. The standard InChI is InChI=1S/C16H34BN/c1-10-13(4)11-16(17,18-14(5,6)7)15(8,9)12(2)3/h12,18H,4,10-11,17H2,1-3,5-9H3. The van der Waals surface area contributed by atoms with E-state index in [2.05, 4.69) is 75.1 Å². The second-order valence-electron chi connectivity index (χ2n) is 7.86. The van der Waals surface area contributed by atoms with E-state index in [1.54, 1.807) is 0 Å². The maximum Gasteiger partial charge on any atom is 0.128 e. The minimum atomic E-state index is 0.0759. The lowest BCUT2D eigenvalue weighted by molar-refractivity contribution is 0.106. The lowest BCUT2D eigenvalue weighted by Crippen LogP contribution is -2.64. The van der Waals surface area contributed by atoms with Crippen LogP contribution in [0.3, 0.4) is 0 Å². The molecule has 1 atom stereocenters. The molecule has 1 unspecified atom stereocenters. The Bertz CT molecular complexity index is 286. The van der Waals surface area contributed by atoms with Crippen molar-refractivity contribution in [3.05, 3.63) is 12.2 Å². The highest BCUT2D eigenvalue weighted by atomic mass is 15.0. The Kier molecular flexibility index (Phi) is 5.74. The van der Waals surface area contributed by atoms with Crippen LogP contribution in [0.5, 0.6) is 0 Å². The second-order valence-corrected chi connectivity index (χ2v) is 7.86. The van der Waals surface area contributed by atoms with Gasteiger partial charge in [-0.3, -0.25) is 0 Å². The SMILES string of the molecule is BC(CC(=C)CC)(NC(C)(C)C)C(C)(C)C(C)C. The van der Waals surface area contributed by atoms with Crippen molar-refractivity contribution in [2.45, 2.75) is 79.2 Å². The topological polar surface area (TPSA) is 12.0 Å². The predicted octanol–water partition coefficient (Wildman–Crippen LogP) is 3.74. The van der Waals surface area contributed by atoms with E-state index in [4.69, 9.17) is 0 Å². The molecule has 0 aromatic heterocycles. The minimum absolute atomic E-state index is 0.0759. The van der Waals surface area contributed by atoms with Crippen molar-refractivity contribution < 1.29 is 0 Å². The van der Waals surface area contributed by atoms with Gasteiger partial charge in [-0.1, -0.05) is 46.8 Å². The van der Waals surface area contributed by atoms with Gasteiger partial charge in [-0.25, -0.2) is 0 Å². The molecular weight excluding hydrogens is 217 g/mol. The molecule has 0 rings (SSSR count). The van der Waals surface area contributed by atoms with Gasteiger partial charge in [0.2, 0.25) is 0 Å². The lowest BCUT2D eigenvalue weighted by atomic mass is 9.53.